The highest BCUT2D eigenvalue weighted by Gasteiger charge is 2.15. The lowest BCUT2D eigenvalue weighted by Crippen LogP contribution is -2.30. The van der Waals surface area contributed by atoms with Crippen molar-refractivity contribution in [3.8, 4) is 5.75 Å². The number of hydrogen-bond donors (Lipinski definition) is 1. The minimum absolute atomic E-state index is 0.162. The molecule has 0 fully saturated rings. The monoisotopic (exact) mass is 304 g/mol. The van der Waals surface area contributed by atoms with Crippen molar-refractivity contribution in [3.63, 3.8) is 0 Å². The van der Waals surface area contributed by atoms with E-state index >= 15 is 0 Å². The molecule has 2 aromatic rings. The molecule has 112 valence electrons. The summed E-state index contributed by atoms with van der Waals surface area (Å²) in [4.78, 5) is 2.23. The van der Waals surface area contributed by atoms with E-state index in [4.69, 9.17) is 22.1 Å². The van der Waals surface area contributed by atoms with Crippen molar-refractivity contribution >= 4 is 11.6 Å². The molecule has 3 nitrogen and oxygen atoms in total. The van der Waals surface area contributed by atoms with Gasteiger partial charge >= 0.3 is 0 Å². The van der Waals surface area contributed by atoms with Crippen LogP contribution in [0.1, 0.15) is 17.2 Å². The summed E-state index contributed by atoms with van der Waals surface area (Å²) in [5, 5.41) is 0.759. The number of benzene rings is 2. The van der Waals surface area contributed by atoms with Crippen LogP contribution in [0.4, 0.5) is 0 Å². The first kappa shape index (κ1) is 15.8. The van der Waals surface area contributed by atoms with Crippen LogP contribution < -0.4 is 10.5 Å². The van der Waals surface area contributed by atoms with Crippen LogP contribution in [0.15, 0.2) is 48.5 Å². The third kappa shape index (κ3) is 4.21. The number of hydrogen-bond acceptors (Lipinski definition) is 3. The molecule has 4 heteroatoms. The summed E-state index contributed by atoms with van der Waals surface area (Å²) < 4.78 is 5.19. The predicted molar refractivity (Wildman–Crippen MR) is 87.7 cm³/mol. The zero-order valence-electron chi connectivity index (χ0n) is 12.4. The fourth-order valence-electron chi connectivity index (χ4n) is 2.43. The van der Waals surface area contributed by atoms with Crippen molar-refractivity contribution in [3.05, 3.63) is 64.7 Å². The second-order valence-electron chi connectivity index (χ2n) is 5.07. The molecular formula is C17H21ClN2O. The van der Waals surface area contributed by atoms with E-state index in [1.54, 1.807) is 7.11 Å². The maximum Gasteiger partial charge on any atom is 0.118 e. The average molecular weight is 305 g/mol. The van der Waals surface area contributed by atoms with E-state index in [0.717, 1.165) is 17.3 Å². The highest BCUT2D eigenvalue weighted by Crippen LogP contribution is 2.23. The Morgan fingerprint density at radius 3 is 2.48 bits per heavy atom. The molecule has 0 heterocycles. The lowest BCUT2D eigenvalue weighted by atomic mass is 10.0. The first-order valence-electron chi connectivity index (χ1n) is 6.92. The molecule has 0 aromatic heterocycles. The van der Waals surface area contributed by atoms with Gasteiger partial charge in [-0.15, -0.1) is 0 Å². The van der Waals surface area contributed by atoms with Crippen molar-refractivity contribution < 1.29 is 4.74 Å². The van der Waals surface area contributed by atoms with Crippen LogP contribution in [-0.2, 0) is 6.54 Å². The molecule has 0 aliphatic carbocycles. The van der Waals surface area contributed by atoms with Gasteiger partial charge in [0.1, 0.15) is 5.75 Å². The number of methoxy groups -OCH3 is 1. The molecular weight excluding hydrogens is 284 g/mol. The van der Waals surface area contributed by atoms with Gasteiger partial charge in [0.2, 0.25) is 0 Å². The van der Waals surface area contributed by atoms with Gasteiger partial charge in [-0.05, 0) is 42.4 Å². The number of nitrogens with two attached hydrogens (primary N) is 1. The highest BCUT2D eigenvalue weighted by atomic mass is 35.5. The van der Waals surface area contributed by atoms with Gasteiger partial charge in [0.25, 0.3) is 0 Å². The Morgan fingerprint density at radius 1 is 1.19 bits per heavy atom. The second-order valence-corrected chi connectivity index (χ2v) is 5.51. The van der Waals surface area contributed by atoms with Crippen molar-refractivity contribution in [2.24, 2.45) is 5.73 Å². The summed E-state index contributed by atoms with van der Waals surface area (Å²) in [5.74, 6) is 0.854. The quantitative estimate of drug-likeness (QED) is 0.888. The second kappa shape index (κ2) is 7.46. The molecule has 0 bridgehead atoms. The van der Waals surface area contributed by atoms with Gasteiger partial charge < -0.3 is 10.5 Å². The summed E-state index contributed by atoms with van der Waals surface area (Å²) >= 11 is 6.04. The van der Waals surface area contributed by atoms with Crippen molar-refractivity contribution in [2.75, 3.05) is 20.7 Å². The van der Waals surface area contributed by atoms with Gasteiger partial charge in [-0.3, -0.25) is 4.90 Å². The number of rotatable bonds is 6. The summed E-state index contributed by atoms with van der Waals surface area (Å²) in [6, 6.07) is 16.1. The van der Waals surface area contributed by atoms with E-state index in [9.17, 15) is 0 Å². The summed E-state index contributed by atoms with van der Waals surface area (Å²) in [6.07, 6.45) is 0. The van der Waals surface area contributed by atoms with Crippen molar-refractivity contribution in [2.45, 2.75) is 12.6 Å². The lowest BCUT2D eigenvalue weighted by Gasteiger charge is -2.27. The number of nitrogens with zero attached hydrogens (tertiary/aromatic N) is 1. The zero-order valence-corrected chi connectivity index (χ0v) is 13.2. The maximum atomic E-state index is 6.04. The van der Waals surface area contributed by atoms with E-state index < -0.39 is 0 Å². The van der Waals surface area contributed by atoms with E-state index in [2.05, 4.69) is 30.1 Å². The Morgan fingerprint density at radius 2 is 1.90 bits per heavy atom. The molecule has 21 heavy (non-hydrogen) atoms. The van der Waals surface area contributed by atoms with Crippen LogP contribution in [0.5, 0.6) is 5.75 Å². The van der Waals surface area contributed by atoms with Gasteiger partial charge in [0.15, 0.2) is 0 Å². The molecule has 0 amide bonds. The van der Waals surface area contributed by atoms with Gasteiger partial charge in [0, 0.05) is 24.2 Å². The zero-order chi connectivity index (χ0) is 15.2. The molecule has 0 spiro atoms. The maximum absolute atomic E-state index is 6.04. The molecule has 0 saturated heterocycles. The summed E-state index contributed by atoms with van der Waals surface area (Å²) in [7, 11) is 3.74. The van der Waals surface area contributed by atoms with E-state index in [1.807, 2.05) is 30.3 Å². The summed E-state index contributed by atoms with van der Waals surface area (Å²) in [5.41, 5.74) is 8.32. The Balaban J connectivity index is 2.12. The molecule has 0 aliphatic heterocycles. The number of likely N-dealkylation sites (N-methyl/N-ethyl adjacent to an activating group) is 1. The first-order chi connectivity index (χ1) is 10.1. The Labute approximate surface area is 131 Å². The van der Waals surface area contributed by atoms with Crippen LogP contribution in [0.25, 0.3) is 0 Å². The standard InChI is InChI=1S/C17H21ClN2O/c1-20(12-13-4-3-5-15(18)10-13)17(11-19)14-6-8-16(21-2)9-7-14/h3-10,17H,11-12,19H2,1-2H3. The minimum Gasteiger partial charge on any atom is -0.497 e. The van der Waals surface area contributed by atoms with Gasteiger partial charge in [0.05, 0.1) is 7.11 Å². The molecule has 2 rings (SSSR count). The lowest BCUT2D eigenvalue weighted by molar-refractivity contribution is 0.241. The van der Waals surface area contributed by atoms with E-state index in [1.165, 1.54) is 11.1 Å². The molecule has 0 aliphatic rings. The van der Waals surface area contributed by atoms with Gasteiger partial charge in [-0.1, -0.05) is 35.9 Å². The fourth-order valence-corrected chi connectivity index (χ4v) is 2.64. The van der Waals surface area contributed by atoms with E-state index in [-0.39, 0.29) is 6.04 Å². The first-order valence-corrected chi connectivity index (χ1v) is 7.30. The smallest absolute Gasteiger partial charge is 0.118 e. The Kier molecular flexibility index (Phi) is 5.62. The normalized spacial score (nSPS) is 12.4. The summed E-state index contributed by atoms with van der Waals surface area (Å²) in [6.45, 7) is 1.36. The molecule has 2 N–H and O–H groups in total. The van der Waals surface area contributed by atoms with Gasteiger partial charge in [-0.25, -0.2) is 0 Å². The van der Waals surface area contributed by atoms with Crippen molar-refractivity contribution in [1.82, 2.24) is 4.90 Å². The van der Waals surface area contributed by atoms with E-state index in [0.29, 0.717) is 6.54 Å². The molecule has 2 aromatic carbocycles. The van der Waals surface area contributed by atoms with Crippen LogP contribution in [-0.4, -0.2) is 25.6 Å². The van der Waals surface area contributed by atoms with Crippen LogP contribution in [0.3, 0.4) is 0 Å². The molecule has 0 radical (unpaired) electrons. The number of ether oxygens (including phenoxy) is 1. The third-order valence-electron chi connectivity index (χ3n) is 3.58. The molecule has 0 saturated carbocycles. The van der Waals surface area contributed by atoms with Crippen LogP contribution in [0, 0.1) is 0 Å². The SMILES string of the molecule is COc1ccc(C(CN)N(C)Cc2cccc(Cl)c2)cc1. The average Bonchev–Trinajstić information content (AvgIpc) is 2.48. The minimum atomic E-state index is 0.162. The predicted octanol–water partition coefficient (Wildman–Crippen LogP) is 3.48. The van der Waals surface area contributed by atoms with Crippen LogP contribution >= 0.6 is 11.6 Å². The molecule has 1 unspecified atom stereocenters. The number of halogens is 1. The highest BCUT2D eigenvalue weighted by molar-refractivity contribution is 6.30. The molecule has 1 atom stereocenters. The van der Waals surface area contributed by atoms with Crippen LogP contribution in [0.2, 0.25) is 5.02 Å². The Hall–Kier alpha value is -1.55. The largest absolute Gasteiger partial charge is 0.497 e. The fraction of sp³-hybridized carbons (Fsp3) is 0.294. The Bertz CT molecular complexity index is 571. The van der Waals surface area contributed by atoms with Crippen molar-refractivity contribution in [1.29, 1.82) is 0 Å². The third-order valence-corrected chi connectivity index (χ3v) is 3.81. The topological polar surface area (TPSA) is 38.5 Å². The van der Waals surface area contributed by atoms with Gasteiger partial charge in [-0.2, -0.15) is 0 Å².